The predicted octanol–water partition coefficient (Wildman–Crippen LogP) is 3.26. The summed E-state index contributed by atoms with van der Waals surface area (Å²) in [5.74, 6) is -1.07. The molecule has 0 radical (unpaired) electrons. The van der Waals surface area contributed by atoms with Crippen LogP contribution in [0.2, 0.25) is 10.0 Å². The molecule has 1 unspecified atom stereocenters. The number of aromatic nitrogens is 2. The first-order valence-corrected chi connectivity index (χ1v) is 7.62. The Morgan fingerprint density at radius 1 is 1.17 bits per heavy atom. The van der Waals surface area contributed by atoms with Gasteiger partial charge in [0.05, 0.1) is 16.4 Å². The molecule has 3 N–H and O–H groups in total. The molecule has 2 aromatic heterocycles. The summed E-state index contributed by atoms with van der Waals surface area (Å²) in [6, 6.07) is 9.67. The zero-order chi connectivity index (χ0) is 16.6. The fraction of sp³-hybridized carbons (Fsp3) is 0.125. The van der Waals surface area contributed by atoms with Crippen LogP contribution in [0.1, 0.15) is 5.69 Å². The molecule has 118 valence electrons. The largest absolute Gasteiger partial charge is 0.480 e. The van der Waals surface area contributed by atoms with E-state index in [1.807, 2.05) is 12.1 Å². The van der Waals surface area contributed by atoms with Gasteiger partial charge in [-0.15, -0.1) is 0 Å². The molecule has 3 aromatic rings. The summed E-state index contributed by atoms with van der Waals surface area (Å²) in [6.07, 6.45) is 1.84. The van der Waals surface area contributed by atoms with E-state index in [2.05, 4.69) is 4.98 Å². The van der Waals surface area contributed by atoms with Crippen molar-refractivity contribution in [3.05, 3.63) is 58.3 Å². The van der Waals surface area contributed by atoms with E-state index in [1.165, 1.54) is 0 Å². The van der Waals surface area contributed by atoms with Crippen molar-refractivity contribution in [3.8, 4) is 11.3 Å². The van der Waals surface area contributed by atoms with Gasteiger partial charge in [0.2, 0.25) is 0 Å². The van der Waals surface area contributed by atoms with Gasteiger partial charge in [-0.1, -0.05) is 35.3 Å². The van der Waals surface area contributed by atoms with E-state index in [0.717, 1.165) is 5.56 Å². The minimum absolute atomic E-state index is 0.134. The highest BCUT2D eigenvalue weighted by Gasteiger charge is 2.20. The van der Waals surface area contributed by atoms with Gasteiger partial charge in [0, 0.05) is 23.2 Å². The van der Waals surface area contributed by atoms with Gasteiger partial charge in [0.15, 0.2) is 0 Å². The second-order valence-corrected chi connectivity index (χ2v) is 6.01. The molecule has 0 saturated carbocycles. The third-order valence-electron chi connectivity index (χ3n) is 3.53. The number of benzene rings is 1. The number of hydrogen-bond donors (Lipinski definition) is 2. The van der Waals surface area contributed by atoms with Crippen LogP contribution >= 0.6 is 23.2 Å². The lowest BCUT2D eigenvalue weighted by Gasteiger charge is -2.09. The van der Waals surface area contributed by atoms with Crippen molar-refractivity contribution in [2.24, 2.45) is 5.73 Å². The van der Waals surface area contributed by atoms with Crippen molar-refractivity contribution < 1.29 is 9.90 Å². The molecular formula is C16H13Cl2N3O2. The molecule has 0 aliphatic carbocycles. The summed E-state index contributed by atoms with van der Waals surface area (Å²) < 4.78 is 1.77. The second kappa shape index (κ2) is 6.20. The average molecular weight is 350 g/mol. The Kier molecular flexibility index (Phi) is 4.26. The van der Waals surface area contributed by atoms with E-state index >= 15 is 0 Å². The van der Waals surface area contributed by atoms with Crippen molar-refractivity contribution in [2.45, 2.75) is 12.5 Å². The van der Waals surface area contributed by atoms with Crippen LogP contribution < -0.4 is 5.73 Å². The quantitative estimate of drug-likeness (QED) is 0.757. The highest BCUT2D eigenvalue weighted by molar-refractivity contribution is 6.30. The Balaban J connectivity index is 2.19. The number of aliphatic carboxylic acids is 1. The number of carboxylic acid groups (broad SMARTS) is 1. The number of nitrogens with two attached hydrogens (primary N) is 1. The summed E-state index contributed by atoms with van der Waals surface area (Å²) >= 11 is 12.0. The normalized spacial score (nSPS) is 12.5. The third-order valence-corrected chi connectivity index (χ3v) is 4.01. The zero-order valence-corrected chi connectivity index (χ0v) is 13.4. The molecule has 0 saturated heterocycles. The maximum Gasteiger partial charge on any atom is 0.320 e. The summed E-state index contributed by atoms with van der Waals surface area (Å²) in [6.45, 7) is 0. The molecule has 5 nitrogen and oxygen atoms in total. The average Bonchev–Trinajstić information content (AvgIpc) is 2.86. The fourth-order valence-electron chi connectivity index (χ4n) is 2.40. The van der Waals surface area contributed by atoms with E-state index in [1.54, 1.807) is 34.9 Å². The van der Waals surface area contributed by atoms with Gasteiger partial charge in [-0.3, -0.25) is 4.79 Å². The summed E-state index contributed by atoms with van der Waals surface area (Å²) in [4.78, 5) is 15.7. The fourth-order valence-corrected chi connectivity index (χ4v) is 2.68. The Hall–Kier alpha value is -2.08. The first-order valence-electron chi connectivity index (χ1n) is 6.86. The van der Waals surface area contributed by atoms with Crippen molar-refractivity contribution in [2.75, 3.05) is 0 Å². The number of fused-ring (bicyclic) bond motifs is 1. The van der Waals surface area contributed by atoms with Crippen molar-refractivity contribution in [1.82, 2.24) is 9.38 Å². The van der Waals surface area contributed by atoms with Gasteiger partial charge in [0.1, 0.15) is 11.7 Å². The molecular weight excluding hydrogens is 337 g/mol. The van der Waals surface area contributed by atoms with Crippen LogP contribution in [0.3, 0.4) is 0 Å². The number of carbonyl (C=O) groups is 1. The van der Waals surface area contributed by atoms with E-state index in [4.69, 9.17) is 34.0 Å². The molecule has 0 aliphatic rings. The molecule has 0 aliphatic heterocycles. The summed E-state index contributed by atoms with van der Waals surface area (Å²) in [7, 11) is 0. The maximum absolute atomic E-state index is 11.1. The Morgan fingerprint density at radius 3 is 2.48 bits per heavy atom. The topological polar surface area (TPSA) is 80.6 Å². The SMILES string of the molecule is NC(Cc1c(-c2ccc(Cl)cc2)nc2ccc(Cl)cn12)C(=O)O. The lowest BCUT2D eigenvalue weighted by Crippen LogP contribution is -2.32. The van der Waals surface area contributed by atoms with E-state index in [9.17, 15) is 4.79 Å². The van der Waals surface area contributed by atoms with E-state index < -0.39 is 12.0 Å². The molecule has 7 heteroatoms. The molecule has 0 amide bonds. The van der Waals surface area contributed by atoms with Crippen molar-refractivity contribution in [1.29, 1.82) is 0 Å². The lowest BCUT2D eigenvalue weighted by molar-refractivity contribution is -0.138. The highest BCUT2D eigenvalue weighted by atomic mass is 35.5. The van der Waals surface area contributed by atoms with Gasteiger partial charge in [0.25, 0.3) is 0 Å². The molecule has 2 heterocycles. The monoisotopic (exact) mass is 349 g/mol. The standard InChI is InChI=1S/C16H13Cl2N3O2/c17-10-3-1-9(2-4-10)15-13(7-12(19)16(22)23)21-8-11(18)5-6-14(21)20-15/h1-6,8,12H,7,19H2,(H,22,23). The number of carboxylic acids is 1. The Bertz CT molecular complexity index is 875. The molecule has 1 aromatic carbocycles. The number of imidazole rings is 1. The Morgan fingerprint density at radius 2 is 1.83 bits per heavy atom. The zero-order valence-electron chi connectivity index (χ0n) is 11.9. The van der Waals surface area contributed by atoms with E-state index in [-0.39, 0.29) is 6.42 Å². The van der Waals surface area contributed by atoms with Crippen LogP contribution in [-0.2, 0) is 11.2 Å². The Labute approximate surface area is 142 Å². The minimum Gasteiger partial charge on any atom is -0.480 e. The van der Waals surface area contributed by atoms with E-state index in [0.29, 0.717) is 27.1 Å². The van der Waals surface area contributed by atoms with Gasteiger partial charge in [-0.25, -0.2) is 4.98 Å². The molecule has 1 atom stereocenters. The highest BCUT2D eigenvalue weighted by Crippen LogP contribution is 2.27. The first kappa shape index (κ1) is 15.8. The maximum atomic E-state index is 11.1. The van der Waals surface area contributed by atoms with Crippen molar-refractivity contribution >= 4 is 34.8 Å². The second-order valence-electron chi connectivity index (χ2n) is 5.14. The van der Waals surface area contributed by atoms with Crippen molar-refractivity contribution in [3.63, 3.8) is 0 Å². The van der Waals surface area contributed by atoms with Crippen LogP contribution in [0.5, 0.6) is 0 Å². The molecule has 23 heavy (non-hydrogen) atoms. The van der Waals surface area contributed by atoms with Crippen LogP contribution in [-0.4, -0.2) is 26.5 Å². The van der Waals surface area contributed by atoms with Gasteiger partial charge in [-0.2, -0.15) is 0 Å². The number of pyridine rings is 1. The third kappa shape index (κ3) is 3.17. The van der Waals surface area contributed by atoms with Gasteiger partial charge >= 0.3 is 5.97 Å². The number of halogens is 2. The van der Waals surface area contributed by atoms with Crippen LogP contribution in [0.4, 0.5) is 0 Å². The number of nitrogens with zero attached hydrogens (tertiary/aromatic N) is 2. The molecule has 3 rings (SSSR count). The molecule has 0 bridgehead atoms. The molecule has 0 fully saturated rings. The van der Waals surface area contributed by atoms with Crippen LogP contribution in [0.15, 0.2) is 42.6 Å². The summed E-state index contributed by atoms with van der Waals surface area (Å²) in [5, 5.41) is 10.3. The predicted molar refractivity (Wildman–Crippen MR) is 90.0 cm³/mol. The number of hydrogen-bond acceptors (Lipinski definition) is 3. The number of rotatable bonds is 4. The van der Waals surface area contributed by atoms with Gasteiger partial charge in [-0.05, 0) is 24.3 Å². The van der Waals surface area contributed by atoms with Gasteiger partial charge < -0.3 is 15.2 Å². The van der Waals surface area contributed by atoms with Crippen LogP contribution in [0, 0.1) is 0 Å². The summed E-state index contributed by atoms with van der Waals surface area (Å²) in [5.41, 5.74) is 8.58. The smallest absolute Gasteiger partial charge is 0.320 e. The minimum atomic E-state index is -1.07. The molecule has 0 spiro atoms. The lowest BCUT2D eigenvalue weighted by atomic mass is 10.1. The van der Waals surface area contributed by atoms with Crippen LogP contribution in [0.25, 0.3) is 16.9 Å². The first-order chi connectivity index (χ1) is 11.0.